The SMILES string of the molecule is C[C@@H](O)c1ccc(N2CCOCC2(C)C)c(F)c1. The van der Waals surface area contributed by atoms with Gasteiger partial charge in [0.1, 0.15) is 5.82 Å². The standard InChI is InChI=1S/C14H20FNO2/c1-10(17)11-4-5-13(12(15)8-11)16-6-7-18-9-14(16,2)3/h4-5,8,10,17H,6-7,9H2,1-3H3/t10-/m1/s1. The van der Waals surface area contributed by atoms with Crippen LogP contribution in [-0.2, 0) is 4.74 Å². The maximum absolute atomic E-state index is 14.1. The summed E-state index contributed by atoms with van der Waals surface area (Å²) in [6.45, 7) is 7.58. The molecule has 2 rings (SSSR count). The Morgan fingerprint density at radius 2 is 2.17 bits per heavy atom. The molecule has 1 aliphatic rings. The summed E-state index contributed by atoms with van der Waals surface area (Å²) in [5.41, 5.74) is 0.959. The van der Waals surface area contributed by atoms with Gasteiger partial charge < -0.3 is 14.7 Å². The molecule has 3 nitrogen and oxygen atoms in total. The highest BCUT2D eigenvalue weighted by molar-refractivity contribution is 5.52. The van der Waals surface area contributed by atoms with E-state index in [9.17, 15) is 9.50 Å². The van der Waals surface area contributed by atoms with E-state index in [-0.39, 0.29) is 11.4 Å². The van der Waals surface area contributed by atoms with Crippen molar-refractivity contribution in [2.45, 2.75) is 32.4 Å². The summed E-state index contributed by atoms with van der Waals surface area (Å²) in [4.78, 5) is 2.03. The van der Waals surface area contributed by atoms with Gasteiger partial charge in [-0.25, -0.2) is 4.39 Å². The van der Waals surface area contributed by atoms with Gasteiger partial charge in [-0.3, -0.25) is 0 Å². The fourth-order valence-electron chi connectivity index (χ4n) is 2.31. The van der Waals surface area contributed by atoms with Crippen LogP contribution in [-0.4, -0.2) is 30.4 Å². The predicted molar refractivity (Wildman–Crippen MR) is 69.3 cm³/mol. The topological polar surface area (TPSA) is 32.7 Å². The van der Waals surface area contributed by atoms with E-state index >= 15 is 0 Å². The van der Waals surface area contributed by atoms with Gasteiger partial charge in [0, 0.05) is 6.54 Å². The monoisotopic (exact) mass is 253 g/mol. The van der Waals surface area contributed by atoms with E-state index < -0.39 is 6.10 Å². The van der Waals surface area contributed by atoms with Crippen molar-refractivity contribution in [3.63, 3.8) is 0 Å². The normalized spacial score (nSPS) is 20.8. The molecule has 1 saturated heterocycles. The summed E-state index contributed by atoms with van der Waals surface area (Å²) >= 11 is 0. The van der Waals surface area contributed by atoms with Crippen molar-refractivity contribution in [2.75, 3.05) is 24.7 Å². The molecule has 4 heteroatoms. The average molecular weight is 253 g/mol. The van der Waals surface area contributed by atoms with Crippen LogP contribution < -0.4 is 4.90 Å². The molecule has 0 aromatic heterocycles. The second kappa shape index (κ2) is 4.86. The van der Waals surface area contributed by atoms with Crippen molar-refractivity contribution in [3.8, 4) is 0 Å². The van der Waals surface area contributed by atoms with Gasteiger partial charge >= 0.3 is 0 Å². The first kappa shape index (κ1) is 13.3. The summed E-state index contributed by atoms with van der Waals surface area (Å²) in [7, 11) is 0. The summed E-state index contributed by atoms with van der Waals surface area (Å²) in [6, 6.07) is 4.92. The minimum Gasteiger partial charge on any atom is -0.389 e. The number of anilines is 1. The minimum atomic E-state index is -0.647. The molecule has 1 fully saturated rings. The zero-order valence-corrected chi connectivity index (χ0v) is 11.1. The van der Waals surface area contributed by atoms with Crippen LogP contribution in [0.25, 0.3) is 0 Å². The first-order valence-electron chi connectivity index (χ1n) is 6.25. The number of nitrogens with zero attached hydrogens (tertiary/aromatic N) is 1. The largest absolute Gasteiger partial charge is 0.389 e. The molecule has 1 N–H and O–H groups in total. The van der Waals surface area contributed by atoms with Crippen LogP contribution in [0.2, 0.25) is 0 Å². The Hall–Kier alpha value is -1.13. The summed E-state index contributed by atoms with van der Waals surface area (Å²) in [6.07, 6.45) is -0.647. The lowest BCUT2D eigenvalue weighted by atomic mass is 10.0. The fraction of sp³-hybridized carbons (Fsp3) is 0.571. The van der Waals surface area contributed by atoms with Gasteiger partial charge in [-0.15, -0.1) is 0 Å². The Labute approximate surface area is 107 Å². The number of ether oxygens (including phenoxy) is 1. The van der Waals surface area contributed by atoms with Crippen molar-refractivity contribution in [1.29, 1.82) is 0 Å². The lowest BCUT2D eigenvalue weighted by molar-refractivity contribution is 0.0640. The van der Waals surface area contributed by atoms with E-state index in [4.69, 9.17) is 4.74 Å². The molecule has 0 aliphatic carbocycles. The molecule has 1 aromatic rings. The zero-order chi connectivity index (χ0) is 13.3. The van der Waals surface area contributed by atoms with Crippen LogP contribution >= 0.6 is 0 Å². The molecule has 0 saturated carbocycles. The summed E-state index contributed by atoms with van der Waals surface area (Å²) in [5.74, 6) is -0.289. The molecule has 18 heavy (non-hydrogen) atoms. The molecule has 0 spiro atoms. The quantitative estimate of drug-likeness (QED) is 0.879. The number of morpholine rings is 1. The number of aliphatic hydroxyl groups excluding tert-OH is 1. The molecular formula is C14H20FNO2. The van der Waals surface area contributed by atoms with Crippen molar-refractivity contribution in [2.24, 2.45) is 0 Å². The van der Waals surface area contributed by atoms with E-state index in [2.05, 4.69) is 0 Å². The third-order valence-corrected chi connectivity index (χ3v) is 3.39. The van der Waals surface area contributed by atoms with Gasteiger partial charge in [0.15, 0.2) is 0 Å². The van der Waals surface area contributed by atoms with Gasteiger partial charge in [0.05, 0.1) is 30.5 Å². The van der Waals surface area contributed by atoms with Gasteiger partial charge in [0.2, 0.25) is 0 Å². The van der Waals surface area contributed by atoms with Crippen LogP contribution in [0.4, 0.5) is 10.1 Å². The summed E-state index contributed by atoms with van der Waals surface area (Å²) in [5, 5.41) is 9.45. The fourth-order valence-corrected chi connectivity index (χ4v) is 2.31. The van der Waals surface area contributed by atoms with Gasteiger partial charge in [-0.05, 0) is 38.5 Å². The van der Waals surface area contributed by atoms with E-state index in [1.54, 1.807) is 19.1 Å². The maximum atomic E-state index is 14.1. The Morgan fingerprint density at radius 3 is 2.72 bits per heavy atom. The highest BCUT2D eigenvalue weighted by Gasteiger charge is 2.32. The van der Waals surface area contributed by atoms with E-state index in [1.807, 2.05) is 18.7 Å². The van der Waals surface area contributed by atoms with Crippen LogP contribution in [0.1, 0.15) is 32.4 Å². The lowest BCUT2D eigenvalue weighted by Gasteiger charge is -2.44. The Balaban J connectivity index is 2.33. The van der Waals surface area contributed by atoms with E-state index in [0.717, 1.165) is 0 Å². The minimum absolute atomic E-state index is 0.217. The predicted octanol–water partition coefficient (Wildman–Crippen LogP) is 2.49. The van der Waals surface area contributed by atoms with Crippen molar-refractivity contribution in [3.05, 3.63) is 29.6 Å². The molecule has 1 aliphatic heterocycles. The van der Waals surface area contributed by atoms with Crippen molar-refractivity contribution < 1.29 is 14.2 Å². The summed E-state index contributed by atoms with van der Waals surface area (Å²) < 4.78 is 19.6. The third kappa shape index (κ3) is 2.49. The van der Waals surface area contributed by atoms with Crippen LogP contribution in [0.3, 0.4) is 0 Å². The number of halogens is 1. The van der Waals surface area contributed by atoms with Crippen molar-refractivity contribution in [1.82, 2.24) is 0 Å². The molecule has 0 amide bonds. The highest BCUT2D eigenvalue weighted by Crippen LogP contribution is 2.30. The van der Waals surface area contributed by atoms with Crippen molar-refractivity contribution >= 4 is 5.69 Å². The molecular weight excluding hydrogens is 233 g/mol. The smallest absolute Gasteiger partial charge is 0.146 e. The van der Waals surface area contributed by atoms with Crippen LogP contribution in [0.5, 0.6) is 0 Å². The Bertz CT molecular complexity index is 432. The molecule has 100 valence electrons. The first-order chi connectivity index (χ1) is 8.42. The highest BCUT2D eigenvalue weighted by atomic mass is 19.1. The zero-order valence-electron chi connectivity index (χ0n) is 11.1. The van der Waals surface area contributed by atoms with Gasteiger partial charge in [-0.1, -0.05) is 6.07 Å². The number of benzene rings is 1. The van der Waals surface area contributed by atoms with E-state index in [0.29, 0.717) is 31.0 Å². The molecule has 0 bridgehead atoms. The molecule has 1 atom stereocenters. The Kier molecular flexibility index (Phi) is 3.59. The molecule has 0 unspecified atom stereocenters. The number of aliphatic hydroxyl groups is 1. The first-order valence-corrected chi connectivity index (χ1v) is 6.25. The second-order valence-electron chi connectivity index (χ2n) is 5.40. The van der Waals surface area contributed by atoms with Gasteiger partial charge in [-0.2, -0.15) is 0 Å². The Morgan fingerprint density at radius 1 is 1.44 bits per heavy atom. The molecule has 1 aromatic carbocycles. The molecule has 1 heterocycles. The third-order valence-electron chi connectivity index (χ3n) is 3.39. The average Bonchev–Trinajstić information content (AvgIpc) is 2.29. The number of rotatable bonds is 2. The van der Waals surface area contributed by atoms with Crippen LogP contribution in [0.15, 0.2) is 18.2 Å². The number of hydrogen-bond donors (Lipinski definition) is 1. The number of hydrogen-bond acceptors (Lipinski definition) is 3. The van der Waals surface area contributed by atoms with Gasteiger partial charge in [0.25, 0.3) is 0 Å². The van der Waals surface area contributed by atoms with E-state index in [1.165, 1.54) is 6.07 Å². The second-order valence-corrected chi connectivity index (χ2v) is 5.40. The lowest BCUT2D eigenvalue weighted by Crippen LogP contribution is -2.53. The van der Waals surface area contributed by atoms with Crippen LogP contribution in [0, 0.1) is 5.82 Å². The molecule has 0 radical (unpaired) electrons. The maximum Gasteiger partial charge on any atom is 0.146 e.